The molecule has 4 aromatic rings. The minimum atomic E-state index is -0.0136. The third-order valence-corrected chi connectivity index (χ3v) is 7.81. The van der Waals surface area contributed by atoms with Crippen molar-refractivity contribution in [3.63, 3.8) is 0 Å². The van der Waals surface area contributed by atoms with E-state index in [1.54, 1.807) is 12.1 Å². The molecule has 0 unspecified atom stereocenters. The number of carbonyl (C=O) groups excluding carboxylic acids is 2. The summed E-state index contributed by atoms with van der Waals surface area (Å²) in [5, 5.41) is 1.07. The zero-order valence-electron chi connectivity index (χ0n) is 15.5. The minimum Gasteiger partial charge on any atom is -0.287 e. The van der Waals surface area contributed by atoms with Crippen LogP contribution >= 0.6 is 34.0 Å². The Hall–Kier alpha value is -2.34. The SMILES string of the molecule is C/C=C\c1sc(C(=O)c2ccc(C(=O)c3cc4ccccc4s3)s2)cc1CC. The van der Waals surface area contributed by atoms with Crippen molar-refractivity contribution >= 4 is 61.7 Å². The molecule has 0 saturated heterocycles. The molecule has 0 radical (unpaired) electrons. The second-order valence-electron chi connectivity index (χ2n) is 6.32. The summed E-state index contributed by atoms with van der Waals surface area (Å²) in [6, 6.07) is 15.4. The first kappa shape index (κ1) is 19.0. The molecule has 5 heteroatoms. The molecule has 3 heterocycles. The van der Waals surface area contributed by atoms with Crippen LogP contribution in [0.25, 0.3) is 16.2 Å². The van der Waals surface area contributed by atoms with Gasteiger partial charge in [0.2, 0.25) is 11.6 Å². The second-order valence-corrected chi connectivity index (χ2v) is 9.58. The number of ketones is 2. The summed E-state index contributed by atoms with van der Waals surface area (Å²) in [6.07, 6.45) is 4.93. The van der Waals surface area contributed by atoms with Gasteiger partial charge in [-0.2, -0.15) is 0 Å². The molecule has 4 rings (SSSR count). The Balaban J connectivity index is 1.61. The highest BCUT2D eigenvalue weighted by Gasteiger charge is 2.20. The number of aryl methyl sites for hydroxylation is 1. The summed E-state index contributed by atoms with van der Waals surface area (Å²) in [4.78, 5) is 29.6. The lowest BCUT2D eigenvalue weighted by molar-refractivity contribution is 0.103. The smallest absolute Gasteiger partial charge is 0.212 e. The van der Waals surface area contributed by atoms with Gasteiger partial charge in [-0.15, -0.1) is 34.0 Å². The Morgan fingerprint density at radius 1 is 0.857 bits per heavy atom. The molecule has 3 aromatic heterocycles. The van der Waals surface area contributed by atoms with Gasteiger partial charge in [0.05, 0.1) is 19.5 Å². The molecular weight excluding hydrogens is 404 g/mol. The maximum absolute atomic E-state index is 12.9. The van der Waals surface area contributed by atoms with Gasteiger partial charge >= 0.3 is 0 Å². The van der Waals surface area contributed by atoms with Crippen LogP contribution in [0.5, 0.6) is 0 Å². The highest BCUT2D eigenvalue weighted by molar-refractivity contribution is 7.23. The molecule has 0 fully saturated rings. The maximum Gasteiger partial charge on any atom is 0.212 e. The number of benzene rings is 1. The normalized spacial score (nSPS) is 11.5. The van der Waals surface area contributed by atoms with Crippen LogP contribution in [-0.4, -0.2) is 11.6 Å². The molecule has 0 N–H and O–H groups in total. The van der Waals surface area contributed by atoms with Crippen molar-refractivity contribution < 1.29 is 9.59 Å². The van der Waals surface area contributed by atoms with E-state index in [9.17, 15) is 9.59 Å². The lowest BCUT2D eigenvalue weighted by Gasteiger charge is -1.93. The van der Waals surface area contributed by atoms with Crippen molar-refractivity contribution in [3.05, 3.63) is 84.6 Å². The van der Waals surface area contributed by atoms with Crippen molar-refractivity contribution in [1.29, 1.82) is 0 Å². The molecule has 0 spiro atoms. The van der Waals surface area contributed by atoms with Crippen LogP contribution in [0.2, 0.25) is 0 Å². The first-order valence-electron chi connectivity index (χ1n) is 9.04. The van der Waals surface area contributed by atoms with E-state index in [1.807, 2.05) is 55.5 Å². The van der Waals surface area contributed by atoms with Crippen LogP contribution in [0.15, 0.2) is 54.6 Å². The number of rotatable bonds is 6. The monoisotopic (exact) mass is 422 g/mol. The zero-order valence-corrected chi connectivity index (χ0v) is 18.0. The third kappa shape index (κ3) is 3.53. The molecular formula is C23H18O2S3. The Morgan fingerprint density at radius 3 is 2.18 bits per heavy atom. The van der Waals surface area contributed by atoms with Gasteiger partial charge < -0.3 is 0 Å². The highest BCUT2D eigenvalue weighted by atomic mass is 32.1. The summed E-state index contributed by atoms with van der Waals surface area (Å²) < 4.78 is 1.10. The Bertz CT molecular complexity index is 1170. The van der Waals surface area contributed by atoms with Crippen LogP contribution < -0.4 is 0 Å². The highest BCUT2D eigenvalue weighted by Crippen LogP contribution is 2.32. The standard InChI is InChI=1S/C23H18O2S3/c1-3-7-16-14(4-2)12-20(26-16)22(24)18-10-11-19(28-18)23(25)21-13-15-8-5-6-9-17(15)27-21/h3,5-13H,4H2,1-2H3/b7-3-. The maximum atomic E-state index is 12.9. The molecule has 0 saturated carbocycles. The molecule has 0 amide bonds. The number of hydrogen-bond donors (Lipinski definition) is 0. The van der Waals surface area contributed by atoms with Gasteiger partial charge in [-0.05, 0) is 60.7 Å². The minimum absolute atomic E-state index is 0.00385. The van der Waals surface area contributed by atoms with Crippen molar-refractivity contribution in [2.75, 3.05) is 0 Å². The van der Waals surface area contributed by atoms with Crippen molar-refractivity contribution in [3.8, 4) is 0 Å². The average molecular weight is 423 g/mol. The Kier molecular flexibility index (Phi) is 5.40. The zero-order chi connectivity index (χ0) is 19.7. The molecule has 140 valence electrons. The van der Waals surface area contributed by atoms with Crippen molar-refractivity contribution in [1.82, 2.24) is 0 Å². The van der Waals surface area contributed by atoms with E-state index < -0.39 is 0 Å². The predicted octanol–water partition coefficient (Wildman–Crippen LogP) is 7.08. The lowest BCUT2D eigenvalue weighted by atomic mass is 10.1. The molecule has 0 aliphatic rings. The fraction of sp³-hybridized carbons (Fsp3) is 0.130. The molecule has 0 aliphatic heterocycles. The summed E-state index contributed by atoms with van der Waals surface area (Å²) in [5.41, 5.74) is 1.18. The molecule has 1 aromatic carbocycles. The summed E-state index contributed by atoms with van der Waals surface area (Å²) in [6.45, 7) is 4.07. The molecule has 0 bridgehead atoms. The lowest BCUT2D eigenvalue weighted by Crippen LogP contribution is -1.96. The topological polar surface area (TPSA) is 34.1 Å². The number of carbonyl (C=O) groups is 2. The number of allylic oxidation sites excluding steroid dienone is 1. The van der Waals surface area contributed by atoms with Gasteiger partial charge in [-0.25, -0.2) is 0 Å². The van der Waals surface area contributed by atoms with Gasteiger partial charge in [0, 0.05) is 9.58 Å². The van der Waals surface area contributed by atoms with Crippen LogP contribution in [0.3, 0.4) is 0 Å². The van der Waals surface area contributed by atoms with Crippen LogP contribution in [0.1, 0.15) is 53.4 Å². The van der Waals surface area contributed by atoms with Crippen LogP contribution in [0, 0.1) is 0 Å². The quantitative estimate of drug-likeness (QED) is 0.311. The van der Waals surface area contributed by atoms with Crippen molar-refractivity contribution in [2.45, 2.75) is 20.3 Å². The van der Waals surface area contributed by atoms with E-state index in [4.69, 9.17) is 0 Å². The van der Waals surface area contributed by atoms with E-state index in [2.05, 4.69) is 6.92 Å². The number of thiophene rings is 3. The van der Waals surface area contributed by atoms with Gasteiger partial charge in [-0.3, -0.25) is 9.59 Å². The summed E-state index contributed by atoms with van der Waals surface area (Å²) in [5.74, 6) is -0.0175. The summed E-state index contributed by atoms with van der Waals surface area (Å²) >= 11 is 4.29. The largest absolute Gasteiger partial charge is 0.287 e. The molecule has 0 atom stereocenters. The van der Waals surface area contributed by atoms with Gasteiger partial charge in [-0.1, -0.05) is 31.2 Å². The van der Waals surface area contributed by atoms with E-state index in [0.29, 0.717) is 14.6 Å². The van der Waals surface area contributed by atoms with E-state index in [-0.39, 0.29) is 11.6 Å². The first-order chi connectivity index (χ1) is 13.6. The van der Waals surface area contributed by atoms with E-state index >= 15 is 0 Å². The van der Waals surface area contributed by atoms with Crippen LogP contribution in [0.4, 0.5) is 0 Å². The number of fused-ring (bicyclic) bond motifs is 1. The molecule has 28 heavy (non-hydrogen) atoms. The van der Waals surface area contributed by atoms with Gasteiger partial charge in [0.25, 0.3) is 0 Å². The van der Waals surface area contributed by atoms with Crippen molar-refractivity contribution in [2.24, 2.45) is 0 Å². The van der Waals surface area contributed by atoms with Crippen LogP contribution in [-0.2, 0) is 6.42 Å². The molecule has 0 aliphatic carbocycles. The third-order valence-electron chi connectivity index (χ3n) is 4.47. The Morgan fingerprint density at radius 2 is 1.54 bits per heavy atom. The van der Waals surface area contributed by atoms with Gasteiger partial charge in [0.15, 0.2) is 0 Å². The molecule has 2 nitrogen and oxygen atoms in total. The van der Waals surface area contributed by atoms with E-state index in [0.717, 1.165) is 26.3 Å². The van der Waals surface area contributed by atoms with Gasteiger partial charge in [0.1, 0.15) is 0 Å². The Labute approximate surface area is 175 Å². The second kappa shape index (κ2) is 7.95. The average Bonchev–Trinajstić information content (AvgIpc) is 3.44. The van der Waals surface area contributed by atoms with E-state index in [1.165, 1.54) is 39.6 Å². The fourth-order valence-corrected chi connectivity index (χ4v) is 6.28. The summed E-state index contributed by atoms with van der Waals surface area (Å²) in [7, 11) is 0. The number of hydrogen-bond acceptors (Lipinski definition) is 5. The predicted molar refractivity (Wildman–Crippen MR) is 121 cm³/mol. The first-order valence-corrected chi connectivity index (χ1v) is 11.5. The fourth-order valence-electron chi connectivity index (χ4n) is 3.04.